The van der Waals surface area contributed by atoms with Crippen LogP contribution in [0.3, 0.4) is 0 Å². The van der Waals surface area contributed by atoms with Crippen LogP contribution in [0, 0.1) is 12.8 Å². The first-order chi connectivity index (χ1) is 12.6. The van der Waals surface area contributed by atoms with Crippen molar-refractivity contribution >= 4 is 23.3 Å². The van der Waals surface area contributed by atoms with Crippen molar-refractivity contribution in [3.8, 4) is 0 Å². The molecule has 1 heterocycles. The van der Waals surface area contributed by atoms with Gasteiger partial charge >= 0.3 is 6.03 Å². The van der Waals surface area contributed by atoms with Gasteiger partial charge in [0.2, 0.25) is 5.91 Å². The third kappa shape index (κ3) is 3.29. The Bertz CT molecular complexity index is 849. The van der Waals surface area contributed by atoms with Crippen LogP contribution in [0.4, 0.5) is 16.2 Å². The topological polar surface area (TPSA) is 61.4 Å². The van der Waals surface area contributed by atoms with Crippen LogP contribution >= 0.6 is 0 Å². The van der Waals surface area contributed by atoms with E-state index in [1.807, 2.05) is 36.4 Å². The highest BCUT2D eigenvalue weighted by molar-refractivity contribution is 5.97. The third-order valence-electron chi connectivity index (χ3n) is 5.22. The van der Waals surface area contributed by atoms with E-state index in [4.69, 9.17) is 0 Å². The molecule has 26 heavy (non-hydrogen) atoms. The molecular weight excluding hydrogens is 326 g/mol. The molecular formula is C21H23N3O2. The molecule has 2 aromatic carbocycles. The Morgan fingerprint density at radius 1 is 1.19 bits per heavy atom. The van der Waals surface area contributed by atoms with Crippen molar-refractivity contribution in [1.29, 1.82) is 0 Å². The molecule has 4 rings (SSSR count). The van der Waals surface area contributed by atoms with E-state index in [2.05, 4.69) is 29.7 Å². The molecule has 2 aromatic rings. The van der Waals surface area contributed by atoms with Gasteiger partial charge in [0.05, 0.1) is 0 Å². The molecule has 2 atom stereocenters. The molecule has 1 saturated heterocycles. The third-order valence-corrected chi connectivity index (χ3v) is 5.22. The number of aryl methyl sites for hydroxylation is 1. The van der Waals surface area contributed by atoms with Gasteiger partial charge in [-0.15, -0.1) is 0 Å². The predicted molar refractivity (Wildman–Crippen MR) is 102 cm³/mol. The van der Waals surface area contributed by atoms with Crippen LogP contribution in [0.15, 0.2) is 48.5 Å². The highest BCUT2D eigenvalue weighted by atomic mass is 16.2. The zero-order valence-corrected chi connectivity index (χ0v) is 14.9. The van der Waals surface area contributed by atoms with E-state index in [0.29, 0.717) is 19.0 Å². The first-order valence-corrected chi connectivity index (χ1v) is 9.15. The number of anilines is 2. The van der Waals surface area contributed by atoms with Crippen LogP contribution in [0.5, 0.6) is 0 Å². The summed E-state index contributed by atoms with van der Waals surface area (Å²) in [5.74, 6) is 0.392. The molecule has 0 aromatic heterocycles. The molecule has 5 nitrogen and oxygen atoms in total. The SMILES string of the molecule is Cc1ccccc1[C@H]1C[C@H]1C(=O)Nc1cccc(N2CCCNC2=O)c1. The number of rotatable bonds is 4. The van der Waals surface area contributed by atoms with Gasteiger partial charge in [0, 0.05) is 30.4 Å². The van der Waals surface area contributed by atoms with Crippen molar-refractivity contribution in [2.45, 2.75) is 25.7 Å². The minimum Gasteiger partial charge on any atom is -0.338 e. The summed E-state index contributed by atoms with van der Waals surface area (Å²) in [6, 6.07) is 15.7. The fraction of sp³-hybridized carbons (Fsp3) is 0.333. The van der Waals surface area contributed by atoms with E-state index in [-0.39, 0.29) is 17.9 Å². The molecule has 3 amide bonds. The maximum atomic E-state index is 12.6. The molecule has 1 aliphatic heterocycles. The van der Waals surface area contributed by atoms with Gasteiger partial charge in [-0.05, 0) is 55.0 Å². The van der Waals surface area contributed by atoms with E-state index in [9.17, 15) is 9.59 Å². The van der Waals surface area contributed by atoms with E-state index < -0.39 is 0 Å². The van der Waals surface area contributed by atoms with Crippen molar-refractivity contribution in [3.05, 3.63) is 59.7 Å². The highest BCUT2D eigenvalue weighted by Gasteiger charge is 2.44. The highest BCUT2D eigenvalue weighted by Crippen LogP contribution is 2.49. The van der Waals surface area contributed by atoms with Crippen molar-refractivity contribution in [3.63, 3.8) is 0 Å². The van der Waals surface area contributed by atoms with Gasteiger partial charge in [0.15, 0.2) is 0 Å². The van der Waals surface area contributed by atoms with Gasteiger partial charge in [0.25, 0.3) is 0 Å². The average Bonchev–Trinajstić information content (AvgIpc) is 3.43. The molecule has 0 unspecified atom stereocenters. The van der Waals surface area contributed by atoms with Gasteiger partial charge in [-0.3, -0.25) is 9.69 Å². The van der Waals surface area contributed by atoms with E-state index in [1.165, 1.54) is 11.1 Å². The Balaban J connectivity index is 1.43. The van der Waals surface area contributed by atoms with Crippen LogP contribution in [0.25, 0.3) is 0 Å². The molecule has 0 radical (unpaired) electrons. The number of hydrogen-bond donors (Lipinski definition) is 2. The second kappa shape index (κ2) is 6.83. The molecule has 2 fully saturated rings. The van der Waals surface area contributed by atoms with Crippen LogP contribution in [0.2, 0.25) is 0 Å². The lowest BCUT2D eigenvalue weighted by Crippen LogP contribution is -2.46. The molecule has 1 aliphatic carbocycles. The predicted octanol–water partition coefficient (Wildman–Crippen LogP) is 3.66. The summed E-state index contributed by atoms with van der Waals surface area (Å²) in [6.07, 6.45) is 1.81. The normalized spacial score (nSPS) is 21.9. The fourth-order valence-electron chi connectivity index (χ4n) is 3.69. The smallest absolute Gasteiger partial charge is 0.321 e. The van der Waals surface area contributed by atoms with Gasteiger partial charge < -0.3 is 10.6 Å². The maximum Gasteiger partial charge on any atom is 0.321 e. The summed E-state index contributed by atoms with van der Waals surface area (Å²) in [7, 11) is 0. The number of nitrogens with one attached hydrogen (secondary N) is 2. The van der Waals surface area contributed by atoms with Crippen LogP contribution < -0.4 is 15.5 Å². The molecule has 2 N–H and O–H groups in total. The number of urea groups is 1. The van der Waals surface area contributed by atoms with Gasteiger partial charge in [-0.1, -0.05) is 30.3 Å². The minimum absolute atomic E-state index is 0.0260. The molecule has 1 saturated carbocycles. The van der Waals surface area contributed by atoms with Crippen molar-refractivity contribution in [1.82, 2.24) is 5.32 Å². The summed E-state index contributed by atoms with van der Waals surface area (Å²) >= 11 is 0. The summed E-state index contributed by atoms with van der Waals surface area (Å²) in [6.45, 7) is 3.50. The Morgan fingerprint density at radius 2 is 2.04 bits per heavy atom. The number of hydrogen-bond acceptors (Lipinski definition) is 2. The maximum absolute atomic E-state index is 12.6. The fourth-order valence-corrected chi connectivity index (χ4v) is 3.69. The molecule has 5 heteroatoms. The van der Waals surface area contributed by atoms with Crippen molar-refractivity contribution in [2.75, 3.05) is 23.3 Å². The summed E-state index contributed by atoms with van der Waals surface area (Å²) in [5, 5.41) is 5.87. The van der Waals surface area contributed by atoms with E-state index in [0.717, 1.165) is 24.2 Å². The Kier molecular flexibility index (Phi) is 4.37. The number of carbonyl (C=O) groups is 2. The quantitative estimate of drug-likeness (QED) is 0.885. The zero-order valence-electron chi connectivity index (χ0n) is 14.9. The average molecular weight is 349 g/mol. The molecule has 2 aliphatic rings. The second-order valence-corrected chi connectivity index (χ2v) is 7.08. The first kappa shape index (κ1) is 16.6. The number of benzene rings is 2. The minimum atomic E-state index is -0.0819. The van der Waals surface area contributed by atoms with Crippen molar-refractivity contribution in [2.24, 2.45) is 5.92 Å². The lowest BCUT2D eigenvalue weighted by Gasteiger charge is -2.27. The van der Waals surface area contributed by atoms with E-state index >= 15 is 0 Å². The Morgan fingerprint density at radius 3 is 2.85 bits per heavy atom. The molecule has 0 spiro atoms. The first-order valence-electron chi connectivity index (χ1n) is 9.15. The second-order valence-electron chi connectivity index (χ2n) is 7.08. The number of carbonyl (C=O) groups excluding carboxylic acids is 2. The summed E-state index contributed by atoms with van der Waals surface area (Å²) in [5.41, 5.74) is 4.06. The zero-order chi connectivity index (χ0) is 18.1. The lowest BCUT2D eigenvalue weighted by molar-refractivity contribution is -0.117. The molecule has 0 bridgehead atoms. The Labute approximate surface area is 153 Å². The van der Waals surface area contributed by atoms with Gasteiger partial charge in [-0.25, -0.2) is 4.79 Å². The van der Waals surface area contributed by atoms with Crippen LogP contribution in [-0.4, -0.2) is 25.0 Å². The van der Waals surface area contributed by atoms with Crippen LogP contribution in [-0.2, 0) is 4.79 Å². The Hall–Kier alpha value is -2.82. The van der Waals surface area contributed by atoms with Gasteiger partial charge in [0.1, 0.15) is 0 Å². The molecule has 134 valence electrons. The summed E-state index contributed by atoms with van der Waals surface area (Å²) in [4.78, 5) is 26.3. The van der Waals surface area contributed by atoms with E-state index in [1.54, 1.807) is 4.90 Å². The van der Waals surface area contributed by atoms with Crippen molar-refractivity contribution < 1.29 is 9.59 Å². The monoisotopic (exact) mass is 349 g/mol. The van der Waals surface area contributed by atoms with Gasteiger partial charge in [-0.2, -0.15) is 0 Å². The lowest BCUT2D eigenvalue weighted by atomic mass is 10.0. The largest absolute Gasteiger partial charge is 0.338 e. The standard InChI is InChI=1S/C21H23N3O2/c1-14-6-2-3-9-17(14)18-13-19(18)20(25)23-15-7-4-8-16(12-15)24-11-5-10-22-21(24)26/h2-4,6-9,12,18-19H,5,10-11,13H2,1H3,(H,22,26)(H,23,25)/t18-,19-/m1/s1. The van der Waals surface area contributed by atoms with Crippen LogP contribution in [0.1, 0.15) is 29.9 Å². The number of nitrogens with zero attached hydrogens (tertiary/aromatic N) is 1. The summed E-state index contributed by atoms with van der Waals surface area (Å²) < 4.78 is 0. The number of amides is 3.